The summed E-state index contributed by atoms with van der Waals surface area (Å²) in [6.07, 6.45) is 1.18. The third-order valence-electron chi connectivity index (χ3n) is 4.72. The summed E-state index contributed by atoms with van der Waals surface area (Å²) < 4.78 is 15.9. The molecule has 0 atom stereocenters. The number of carbonyl (C=O) groups excluding carboxylic acids is 3. The molecule has 0 spiro atoms. The van der Waals surface area contributed by atoms with Crippen LogP contribution in [0.2, 0.25) is 0 Å². The second kappa shape index (κ2) is 8.08. The van der Waals surface area contributed by atoms with E-state index in [1.165, 1.54) is 27.4 Å². The average molecular weight is 394 g/mol. The average Bonchev–Trinajstić information content (AvgIpc) is 2.74. The van der Waals surface area contributed by atoms with E-state index < -0.39 is 0 Å². The zero-order valence-corrected chi connectivity index (χ0v) is 16.1. The first kappa shape index (κ1) is 20.0. The van der Waals surface area contributed by atoms with E-state index in [0.29, 0.717) is 11.3 Å². The summed E-state index contributed by atoms with van der Waals surface area (Å²) in [4.78, 5) is 40.7. The summed E-state index contributed by atoms with van der Waals surface area (Å²) in [5, 5.41) is 0. The fourth-order valence-corrected chi connectivity index (χ4v) is 3.34. The zero-order valence-electron chi connectivity index (χ0n) is 16.1. The number of ketones is 3. The van der Waals surface area contributed by atoms with Crippen molar-refractivity contribution in [2.75, 3.05) is 21.3 Å². The van der Waals surface area contributed by atoms with Crippen molar-refractivity contribution in [1.29, 1.82) is 0 Å². The minimum atomic E-state index is -0.388. The standard InChI is InChI=1S/C21H18N2O6/c1-27-13-8-15-19(17(9-13)29-3)21(26)18-14(20(15)25)6-11(7-16(18)28-2)4-5-12(24)10-23-22/h6-10H,4-5H2,1-3H3. The van der Waals surface area contributed by atoms with Crippen LogP contribution in [0.15, 0.2) is 24.3 Å². The van der Waals surface area contributed by atoms with Crippen LogP contribution < -0.4 is 14.2 Å². The maximum Gasteiger partial charge on any atom is 0.323 e. The summed E-state index contributed by atoms with van der Waals surface area (Å²) in [7, 11) is 4.27. The summed E-state index contributed by atoms with van der Waals surface area (Å²) in [6, 6.07) is 6.25. The number of fused-ring (bicyclic) bond motifs is 2. The first-order valence-electron chi connectivity index (χ1n) is 8.71. The Morgan fingerprint density at radius 1 is 0.931 bits per heavy atom. The number of carbonyl (C=O) groups is 3. The lowest BCUT2D eigenvalue weighted by molar-refractivity contribution is -0.116. The molecule has 0 aromatic heterocycles. The zero-order chi connectivity index (χ0) is 21.1. The smallest absolute Gasteiger partial charge is 0.323 e. The Balaban J connectivity index is 2.13. The van der Waals surface area contributed by atoms with Gasteiger partial charge < -0.3 is 19.7 Å². The van der Waals surface area contributed by atoms with E-state index in [0.717, 1.165) is 6.21 Å². The van der Waals surface area contributed by atoms with Crippen LogP contribution in [-0.4, -0.2) is 49.7 Å². The van der Waals surface area contributed by atoms with Crippen molar-refractivity contribution in [3.63, 3.8) is 0 Å². The molecule has 0 unspecified atom stereocenters. The quantitative estimate of drug-likeness (QED) is 0.345. The van der Waals surface area contributed by atoms with E-state index in [2.05, 4.69) is 4.79 Å². The van der Waals surface area contributed by atoms with Crippen molar-refractivity contribution in [3.05, 3.63) is 57.6 Å². The summed E-state index contributed by atoms with van der Waals surface area (Å²) >= 11 is 0. The van der Waals surface area contributed by atoms with Gasteiger partial charge in [-0.05, 0) is 30.2 Å². The summed E-state index contributed by atoms with van der Waals surface area (Å²) in [5.41, 5.74) is 9.76. The Bertz CT molecular complexity index is 1080. The molecule has 0 amide bonds. The van der Waals surface area contributed by atoms with Gasteiger partial charge in [0, 0.05) is 23.6 Å². The minimum absolute atomic E-state index is 0.0758. The lowest BCUT2D eigenvalue weighted by Crippen LogP contribution is -2.23. The monoisotopic (exact) mass is 394 g/mol. The van der Waals surface area contributed by atoms with Gasteiger partial charge in [-0.15, -0.1) is 0 Å². The number of hydrogen-bond donors (Lipinski definition) is 0. The van der Waals surface area contributed by atoms with Gasteiger partial charge in [0.2, 0.25) is 11.6 Å². The fourth-order valence-electron chi connectivity index (χ4n) is 3.34. The highest BCUT2D eigenvalue weighted by atomic mass is 16.5. The molecule has 0 N–H and O–H groups in total. The maximum atomic E-state index is 13.2. The minimum Gasteiger partial charge on any atom is -0.497 e. The van der Waals surface area contributed by atoms with Gasteiger partial charge in [-0.1, -0.05) is 0 Å². The van der Waals surface area contributed by atoms with Gasteiger partial charge in [0.15, 0.2) is 5.78 Å². The topological polar surface area (TPSA) is 115 Å². The molecular formula is C21H18N2O6. The van der Waals surface area contributed by atoms with E-state index in [9.17, 15) is 14.4 Å². The van der Waals surface area contributed by atoms with Crippen LogP contribution in [0.1, 0.15) is 43.8 Å². The lowest BCUT2D eigenvalue weighted by Gasteiger charge is -2.23. The van der Waals surface area contributed by atoms with Crippen LogP contribution in [-0.2, 0) is 11.2 Å². The Labute approximate surface area is 166 Å². The van der Waals surface area contributed by atoms with Crippen molar-refractivity contribution >= 4 is 23.6 Å². The molecule has 8 heteroatoms. The molecule has 1 aliphatic rings. The Hall–Kier alpha value is -3.77. The van der Waals surface area contributed by atoms with Crippen molar-refractivity contribution in [3.8, 4) is 17.2 Å². The fraction of sp³-hybridized carbons (Fsp3) is 0.238. The Kier molecular flexibility index (Phi) is 5.57. The van der Waals surface area contributed by atoms with E-state index in [4.69, 9.17) is 19.7 Å². The molecule has 8 nitrogen and oxygen atoms in total. The molecule has 3 rings (SSSR count). The Morgan fingerprint density at radius 2 is 1.55 bits per heavy atom. The lowest BCUT2D eigenvalue weighted by atomic mass is 9.81. The van der Waals surface area contributed by atoms with Gasteiger partial charge in [0.1, 0.15) is 17.2 Å². The number of rotatable bonds is 7. The molecule has 148 valence electrons. The van der Waals surface area contributed by atoms with Gasteiger partial charge in [-0.2, -0.15) is 4.79 Å². The van der Waals surface area contributed by atoms with Crippen molar-refractivity contribution < 1.29 is 33.4 Å². The highest BCUT2D eigenvalue weighted by Crippen LogP contribution is 2.40. The molecule has 0 saturated heterocycles. The molecule has 2 aromatic rings. The van der Waals surface area contributed by atoms with Crippen LogP contribution in [0.4, 0.5) is 0 Å². The normalized spacial score (nSPS) is 11.8. The Morgan fingerprint density at radius 3 is 2.14 bits per heavy atom. The van der Waals surface area contributed by atoms with Gasteiger partial charge in [0.05, 0.1) is 32.5 Å². The SMILES string of the molecule is COc1cc(OC)c2c(c1)C(=O)c1cc(CCC(=O)C=[N+]=[N-])cc(OC)c1C2=O. The van der Waals surface area contributed by atoms with Gasteiger partial charge >= 0.3 is 6.21 Å². The molecule has 0 aliphatic heterocycles. The molecule has 0 radical (unpaired) electrons. The predicted molar refractivity (Wildman–Crippen MR) is 102 cm³/mol. The van der Waals surface area contributed by atoms with Crippen molar-refractivity contribution in [1.82, 2.24) is 0 Å². The largest absolute Gasteiger partial charge is 0.497 e. The number of ether oxygens (including phenoxy) is 3. The molecule has 0 heterocycles. The van der Waals surface area contributed by atoms with E-state index in [1.807, 2.05) is 0 Å². The third-order valence-corrected chi connectivity index (χ3v) is 4.72. The predicted octanol–water partition coefficient (Wildman–Crippen LogP) is 2.29. The molecule has 1 aliphatic carbocycles. The van der Waals surface area contributed by atoms with Crippen LogP contribution in [0.5, 0.6) is 17.2 Å². The number of hydrogen-bond acceptors (Lipinski definition) is 6. The first-order chi connectivity index (χ1) is 13.9. The second-order valence-corrected chi connectivity index (χ2v) is 6.34. The van der Waals surface area contributed by atoms with Gasteiger partial charge in [0.25, 0.3) is 0 Å². The molecule has 2 aromatic carbocycles. The molecule has 0 saturated carbocycles. The van der Waals surface area contributed by atoms with E-state index in [-0.39, 0.29) is 63.9 Å². The molecule has 0 fully saturated rings. The highest BCUT2D eigenvalue weighted by Gasteiger charge is 2.36. The number of Topliss-reactive ketones (excluding diaryl/α,β-unsaturated/α-hetero) is 1. The molecule has 29 heavy (non-hydrogen) atoms. The van der Waals surface area contributed by atoms with Crippen LogP contribution in [0.25, 0.3) is 5.53 Å². The highest BCUT2D eigenvalue weighted by molar-refractivity contribution is 6.30. The number of aryl methyl sites for hydroxylation is 1. The number of nitrogens with zero attached hydrogens (tertiary/aromatic N) is 2. The number of methoxy groups -OCH3 is 3. The van der Waals surface area contributed by atoms with Crippen molar-refractivity contribution in [2.24, 2.45) is 0 Å². The van der Waals surface area contributed by atoms with Crippen LogP contribution >= 0.6 is 0 Å². The summed E-state index contributed by atoms with van der Waals surface area (Å²) in [6.45, 7) is 0. The first-order valence-corrected chi connectivity index (χ1v) is 8.71. The third kappa shape index (κ3) is 3.53. The second-order valence-electron chi connectivity index (χ2n) is 6.34. The van der Waals surface area contributed by atoms with Crippen LogP contribution in [0, 0.1) is 0 Å². The molecular weight excluding hydrogens is 376 g/mol. The van der Waals surface area contributed by atoms with E-state index >= 15 is 0 Å². The van der Waals surface area contributed by atoms with Crippen LogP contribution in [0.3, 0.4) is 0 Å². The van der Waals surface area contributed by atoms with E-state index in [1.54, 1.807) is 18.2 Å². The van der Waals surface area contributed by atoms with Gasteiger partial charge in [-0.3, -0.25) is 14.4 Å². The van der Waals surface area contributed by atoms with Gasteiger partial charge in [-0.25, -0.2) is 0 Å². The maximum absolute atomic E-state index is 13.2. The van der Waals surface area contributed by atoms with Crippen molar-refractivity contribution in [2.45, 2.75) is 12.8 Å². The summed E-state index contributed by atoms with van der Waals surface area (Å²) in [5.74, 6) is -0.254. The molecule has 0 bridgehead atoms. The number of benzene rings is 2.